The van der Waals surface area contributed by atoms with Crippen molar-refractivity contribution in [3.8, 4) is 11.5 Å². The number of carbonyl (C=O) groups is 2. The summed E-state index contributed by atoms with van der Waals surface area (Å²) < 4.78 is 10.8. The lowest BCUT2D eigenvalue weighted by Gasteiger charge is -2.27. The minimum Gasteiger partial charge on any atom is -0.486 e. The average Bonchev–Trinajstić information content (AvgIpc) is 2.55. The van der Waals surface area contributed by atoms with Crippen molar-refractivity contribution >= 4 is 11.9 Å². The molecule has 6 heteroatoms. The third kappa shape index (κ3) is 3.16. The molecule has 0 atom stereocenters. The number of benzene rings is 1. The summed E-state index contributed by atoms with van der Waals surface area (Å²) in [6.45, 7) is 4.67. The van der Waals surface area contributed by atoms with E-state index in [9.17, 15) is 14.7 Å². The predicted molar refractivity (Wildman–Crippen MR) is 80.4 cm³/mol. The van der Waals surface area contributed by atoms with Gasteiger partial charge in [0, 0.05) is 12.1 Å². The van der Waals surface area contributed by atoms with E-state index in [4.69, 9.17) is 9.47 Å². The number of rotatable bonds is 6. The lowest BCUT2D eigenvalue weighted by Crippen LogP contribution is -2.42. The van der Waals surface area contributed by atoms with Crippen LogP contribution in [-0.2, 0) is 4.79 Å². The number of carbonyl (C=O) groups excluding carboxylic acids is 1. The summed E-state index contributed by atoms with van der Waals surface area (Å²) >= 11 is 0. The van der Waals surface area contributed by atoms with Crippen LogP contribution in [0.1, 0.15) is 37.0 Å². The Balaban J connectivity index is 2.07. The fourth-order valence-electron chi connectivity index (χ4n) is 2.41. The van der Waals surface area contributed by atoms with Gasteiger partial charge in [0.15, 0.2) is 11.5 Å². The fourth-order valence-corrected chi connectivity index (χ4v) is 2.41. The number of hydrogen-bond acceptors (Lipinski definition) is 4. The molecule has 1 aliphatic rings. The first-order chi connectivity index (χ1) is 10.5. The van der Waals surface area contributed by atoms with Gasteiger partial charge in [-0.2, -0.15) is 0 Å². The van der Waals surface area contributed by atoms with Gasteiger partial charge < -0.3 is 19.9 Å². The van der Waals surface area contributed by atoms with Gasteiger partial charge in [-0.15, -0.1) is 0 Å². The number of ether oxygens (including phenoxy) is 2. The number of aliphatic carboxylic acids is 1. The summed E-state index contributed by atoms with van der Waals surface area (Å²) in [7, 11) is 0. The van der Waals surface area contributed by atoms with Crippen molar-refractivity contribution in [3.05, 3.63) is 23.8 Å². The van der Waals surface area contributed by atoms with Crippen molar-refractivity contribution in [2.75, 3.05) is 19.8 Å². The van der Waals surface area contributed by atoms with Gasteiger partial charge in [0.2, 0.25) is 0 Å². The van der Waals surface area contributed by atoms with Crippen molar-refractivity contribution in [2.45, 2.75) is 26.7 Å². The van der Waals surface area contributed by atoms with Crippen LogP contribution in [0.3, 0.4) is 0 Å². The van der Waals surface area contributed by atoms with Gasteiger partial charge >= 0.3 is 5.97 Å². The molecule has 0 aliphatic carbocycles. The zero-order chi connectivity index (χ0) is 16.2. The number of nitrogens with one attached hydrogen (secondary N) is 1. The molecule has 1 aromatic carbocycles. The Kier molecular flexibility index (Phi) is 4.90. The fraction of sp³-hybridized carbons (Fsp3) is 0.500. The second-order valence-electron chi connectivity index (χ2n) is 5.33. The van der Waals surface area contributed by atoms with E-state index in [0.717, 1.165) is 0 Å². The average molecular weight is 307 g/mol. The Hall–Kier alpha value is -2.24. The number of carboxylic acids is 1. The molecule has 0 unspecified atom stereocenters. The van der Waals surface area contributed by atoms with Crippen LogP contribution in [-0.4, -0.2) is 36.7 Å². The molecule has 22 heavy (non-hydrogen) atoms. The molecule has 1 heterocycles. The molecule has 1 amide bonds. The Morgan fingerprint density at radius 3 is 2.41 bits per heavy atom. The molecule has 0 saturated carbocycles. The Bertz CT molecular complexity index is 566. The van der Waals surface area contributed by atoms with Crippen LogP contribution in [0.4, 0.5) is 0 Å². The molecule has 2 N–H and O–H groups in total. The van der Waals surface area contributed by atoms with Crippen molar-refractivity contribution in [2.24, 2.45) is 5.41 Å². The molecule has 2 rings (SSSR count). The summed E-state index contributed by atoms with van der Waals surface area (Å²) in [5.74, 6) is -0.0522. The molecule has 1 aromatic rings. The second-order valence-corrected chi connectivity index (χ2v) is 5.33. The summed E-state index contributed by atoms with van der Waals surface area (Å²) in [5, 5.41) is 12.1. The van der Waals surface area contributed by atoms with E-state index in [-0.39, 0.29) is 12.5 Å². The van der Waals surface area contributed by atoms with E-state index < -0.39 is 11.4 Å². The first kappa shape index (κ1) is 16.1. The summed E-state index contributed by atoms with van der Waals surface area (Å²) in [4.78, 5) is 23.7. The van der Waals surface area contributed by atoms with Crippen LogP contribution in [0.15, 0.2) is 18.2 Å². The van der Waals surface area contributed by atoms with Crippen LogP contribution >= 0.6 is 0 Å². The van der Waals surface area contributed by atoms with Crippen LogP contribution in [0.2, 0.25) is 0 Å². The quantitative estimate of drug-likeness (QED) is 0.840. The SMILES string of the molecule is CCC(CC)(CNC(=O)c1ccc2c(c1)OCCO2)C(=O)O. The van der Waals surface area contributed by atoms with Gasteiger partial charge in [0.25, 0.3) is 5.91 Å². The maximum atomic E-state index is 12.2. The van der Waals surface area contributed by atoms with Crippen molar-refractivity contribution in [1.82, 2.24) is 5.32 Å². The van der Waals surface area contributed by atoms with E-state index in [1.165, 1.54) is 0 Å². The summed E-state index contributed by atoms with van der Waals surface area (Å²) in [5.41, 5.74) is -0.500. The first-order valence-corrected chi connectivity index (χ1v) is 7.43. The second kappa shape index (κ2) is 6.68. The minimum absolute atomic E-state index is 0.0998. The largest absolute Gasteiger partial charge is 0.486 e. The van der Waals surface area contributed by atoms with E-state index in [0.29, 0.717) is 43.1 Å². The van der Waals surface area contributed by atoms with Gasteiger partial charge in [0.05, 0.1) is 5.41 Å². The highest BCUT2D eigenvalue weighted by Gasteiger charge is 2.35. The van der Waals surface area contributed by atoms with Crippen LogP contribution < -0.4 is 14.8 Å². The zero-order valence-corrected chi connectivity index (χ0v) is 12.8. The van der Waals surface area contributed by atoms with Gasteiger partial charge in [-0.25, -0.2) is 0 Å². The number of carboxylic acid groups (broad SMARTS) is 1. The van der Waals surface area contributed by atoms with Crippen LogP contribution in [0.5, 0.6) is 11.5 Å². The van der Waals surface area contributed by atoms with Crippen molar-refractivity contribution < 1.29 is 24.2 Å². The van der Waals surface area contributed by atoms with E-state index >= 15 is 0 Å². The molecule has 0 fully saturated rings. The molecule has 0 bridgehead atoms. The maximum absolute atomic E-state index is 12.2. The highest BCUT2D eigenvalue weighted by atomic mass is 16.6. The number of amides is 1. The highest BCUT2D eigenvalue weighted by molar-refractivity contribution is 5.95. The van der Waals surface area contributed by atoms with E-state index in [1.54, 1.807) is 18.2 Å². The highest BCUT2D eigenvalue weighted by Crippen LogP contribution is 2.31. The third-order valence-corrected chi connectivity index (χ3v) is 4.20. The summed E-state index contributed by atoms with van der Waals surface area (Å²) in [6, 6.07) is 4.95. The molecule has 0 radical (unpaired) electrons. The predicted octanol–water partition coefficient (Wildman–Crippen LogP) is 2.08. The molecule has 0 saturated heterocycles. The van der Waals surface area contributed by atoms with Crippen LogP contribution in [0, 0.1) is 5.41 Å². The monoisotopic (exact) mass is 307 g/mol. The molecule has 0 aromatic heterocycles. The first-order valence-electron chi connectivity index (χ1n) is 7.43. The number of hydrogen-bond donors (Lipinski definition) is 2. The van der Waals surface area contributed by atoms with Crippen molar-refractivity contribution in [3.63, 3.8) is 0 Å². The minimum atomic E-state index is -0.927. The molecule has 120 valence electrons. The molecular formula is C16H21NO5. The van der Waals surface area contributed by atoms with Crippen molar-refractivity contribution in [1.29, 1.82) is 0 Å². The molecule has 6 nitrogen and oxygen atoms in total. The Morgan fingerprint density at radius 1 is 1.18 bits per heavy atom. The lowest BCUT2D eigenvalue weighted by molar-refractivity contribution is -0.149. The summed E-state index contributed by atoms with van der Waals surface area (Å²) in [6.07, 6.45) is 0.917. The zero-order valence-electron chi connectivity index (χ0n) is 12.8. The molecule has 1 aliphatic heterocycles. The smallest absolute Gasteiger partial charge is 0.311 e. The van der Waals surface area contributed by atoms with E-state index in [1.807, 2.05) is 13.8 Å². The molecule has 0 spiro atoms. The van der Waals surface area contributed by atoms with E-state index in [2.05, 4.69) is 5.32 Å². The lowest BCUT2D eigenvalue weighted by atomic mass is 9.82. The van der Waals surface area contributed by atoms with Gasteiger partial charge in [0.1, 0.15) is 13.2 Å². The normalized spacial score (nSPS) is 13.5. The van der Waals surface area contributed by atoms with Crippen LogP contribution in [0.25, 0.3) is 0 Å². The molecular weight excluding hydrogens is 286 g/mol. The van der Waals surface area contributed by atoms with Gasteiger partial charge in [-0.05, 0) is 31.0 Å². The van der Waals surface area contributed by atoms with Gasteiger partial charge in [-0.1, -0.05) is 13.8 Å². The third-order valence-electron chi connectivity index (χ3n) is 4.20. The topological polar surface area (TPSA) is 84.9 Å². The Morgan fingerprint density at radius 2 is 1.82 bits per heavy atom. The Labute approximate surface area is 129 Å². The van der Waals surface area contributed by atoms with Gasteiger partial charge in [-0.3, -0.25) is 9.59 Å². The standard InChI is InChI=1S/C16H21NO5/c1-3-16(4-2,15(19)20)10-17-14(18)11-5-6-12-13(9-11)22-8-7-21-12/h5-6,9H,3-4,7-8,10H2,1-2H3,(H,17,18)(H,19,20). The maximum Gasteiger partial charge on any atom is 0.311 e. The number of fused-ring (bicyclic) bond motifs is 1.